The lowest BCUT2D eigenvalue weighted by atomic mass is 10.0. The molecule has 0 radical (unpaired) electrons. The topological polar surface area (TPSA) is 77.5 Å². The van der Waals surface area contributed by atoms with E-state index in [2.05, 4.69) is 6.58 Å². The molecule has 0 aromatic heterocycles. The zero-order valence-corrected chi connectivity index (χ0v) is 12.4. The first-order chi connectivity index (χ1) is 9.97. The summed E-state index contributed by atoms with van der Waals surface area (Å²) in [4.78, 5) is 23.6. The number of hydrogen-bond donors (Lipinski definition) is 0. The van der Waals surface area contributed by atoms with Gasteiger partial charge in [-0.15, -0.1) is 0 Å². The van der Waals surface area contributed by atoms with Gasteiger partial charge in [-0.3, -0.25) is 9.59 Å². The predicted octanol–water partition coefficient (Wildman–Crippen LogP) is 1.41. The number of carbonyl (C=O) groups excluding carboxylic acids is 2. The van der Waals surface area contributed by atoms with Gasteiger partial charge in [-0.25, -0.2) is 0 Å². The van der Waals surface area contributed by atoms with Crippen LogP contribution < -0.4 is 0 Å². The van der Waals surface area contributed by atoms with Crippen LogP contribution in [-0.4, -0.2) is 31.6 Å². The quantitative estimate of drug-likeness (QED) is 0.244. The third-order valence-electron chi connectivity index (χ3n) is 2.79. The Bertz CT molecular complexity index is 654. The van der Waals surface area contributed by atoms with Crippen molar-refractivity contribution in [3.8, 4) is 0 Å². The summed E-state index contributed by atoms with van der Waals surface area (Å²) in [6.07, 6.45) is 9.30. The molecule has 0 bridgehead atoms. The first-order valence-electron chi connectivity index (χ1n) is 6.29. The normalized spacial score (nSPS) is 15.5. The van der Waals surface area contributed by atoms with Crippen molar-refractivity contribution in [3.63, 3.8) is 0 Å². The van der Waals surface area contributed by atoms with Gasteiger partial charge in [0.1, 0.15) is 12.5 Å². The summed E-state index contributed by atoms with van der Waals surface area (Å²) in [5.41, 5.74) is 0.436. The molecule has 1 aliphatic carbocycles. The molecular formula is C15H16O5S. The second-order valence-corrected chi connectivity index (χ2v) is 5.25. The van der Waals surface area contributed by atoms with Crippen LogP contribution in [0.3, 0.4) is 0 Å². The maximum absolute atomic E-state index is 11.8. The second-order valence-electron chi connectivity index (χ2n) is 4.29. The number of ether oxygens (including phenoxy) is 1. The van der Waals surface area contributed by atoms with Crippen molar-refractivity contribution in [1.82, 2.24) is 0 Å². The number of hydrogen-bond acceptors (Lipinski definition) is 5. The van der Waals surface area contributed by atoms with Crippen LogP contribution in [-0.2, 0) is 24.6 Å². The van der Waals surface area contributed by atoms with E-state index < -0.39 is 28.0 Å². The van der Waals surface area contributed by atoms with E-state index in [1.165, 1.54) is 25.2 Å². The maximum Gasteiger partial charge on any atom is 0.316 e. The summed E-state index contributed by atoms with van der Waals surface area (Å²) < 4.78 is 26.9. The number of allylic oxidation sites excluding steroid dienone is 6. The number of ketones is 1. The van der Waals surface area contributed by atoms with Gasteiger partial charge < -0.3 is 4.74 Å². The molecule has 0 heterocycles. The number of carbonyl (C=O) groups is 2. The minimum atomic E-state index is -2.34. The third kappa shape index (κ3) is 5.00. The summed E-state index contributed by atoms with van der Waals surface area (Å²) in [6.45, 7) is 4.89. The van der Waals surface area contributed by atoms with Crippen molar-refractivity contribution in [2.75, 3.05) is 6.61 Å². The van der Waals surface area contributed by atoms with Crippen molar-refractivity contribution in [1.29, 1.82) is 0 Å². The van der Waals surface area contributed by atoms with E-state index in [1.807, 2.05) is 0 Å². The molecule has 1 atom stereocenters. The lowest BCUT2D eigenvalue weighted by molar-refractivity contribution is -0.149. The highest BCUT2D eigenvalue weighted by Crippen LogP contribution is 2.11. The van der Waals surface area contributed by atoms with Gasteiger partial charge in [0, 0.05) is 6.42 Å². The van der Waals surface area contributed by atoms with Crippen molar-refractivity contribution in [3.05, 3.63) is 48.6 Å². The van der Waals surface area contributed by atoms with Gasteiger partial charge in [-0.2, -0.15) is 8.42 Å². The molecule has 112 valence electrons. The second kappa shape index (κ2) is 8.16. The van der Waals surface area contributed by atoms with Crippen molar-refractivity contribution in [2.45, 2.75) is 13.3 Å². The minimum Gasteiger partial charge on any atom is -0.461 e. The molecule has 0 saturated heterocycles. The van der Waals surface area contributed by atoms with E-state index in [-0.39, 0.29) is 17.9 Å². The molecule has 21 heavy (non-hydrogen) atoms. The average molecular weight is 308 g/mol. The van der Waals surface area contributed by atoms with Crippen molar-refractivity contribution < 1.29 is 22.7 Å². The fraction of sp³-hybridized carbons (Fsp3) is 0.267. The molecule has 1 unspecified atom stereocenters. The van der Waals surface area contributed by atoms with Crippen LogP contribution in [0.25, 0.3) is 0 Å². The van der Waals surface area contributed by atoms with Crippen LogP contribution in [0.5, 0.6) is 0 Å². The van der Waals surface area contributed by atoms with Gasteiger partial charge in [0.15, 0.2) is 5.78 Å². The van der Waals surface area contributed by atoms with Crippen LogP contribution >= 0.6 is 0 Å². The van der Waals surface area contributed by atoms with Gasteiger partial charge in [-0.05, 0) is 18.6 Å². The van der Waals surface area contributed by atoms with E-state index in [0.717, 1.165) is 0 Å². The van der Waals surface area contributed by atoms with Crippen LogP contribution in [0.15, 0.2) is 48.6 Å². The molecule has 0 amide bonds. The van der Waals surface area contributed by atoms with Crippen LogP contribution in [0, 0.1) is 5.92 Å². The Hall–Kier alpha value is -2.21. The van der Waals surface area contributed by atoms with E-state index in [9.17, 15) is 18.0 Å². The zero-order valence-electron chi connectivity index (χ0n) is 11.6. The number of rotatable bonds is 6. The molecule has 0 saturated carbocycles. The van der Waals surface area contributed by atoms with Crippen LogP contribution in [0.2, 0.25) is 0 Å². The Morgan fingerprint density at radius 1 is 1.48 bits per heavy atom. The molecule has 0 spiro atoms. The SMILES string of the molecule is C=CCOC(=O)C(C)C(=O)C=CC1=CC=CCC1=S(=O)=O. The summed E-state index contributed by atoms with van der Waals surface area (Å²) in [5.74, 6) is -2.03. The highest BCUT2D eigenvalue weighted by molar-refractivity contribution is 7.73. The van der Waals surface area contributed by atoms with E-state index >= 15 is 0 Å². The largest absolute Gasteiger partial charge is 0.461 e. The van der Waals surface area contributed by atoms with Gasteiger partial charge >= 0.3 is 5.97 Å². The molecule has 1 rings (SSSR count). The number of esters is 1. The Kier molecular flexibility index (Phi) is 6.55. The summed E-state index contributed by atoms with van der Waals surface area (Å²) >= 11 is 0. The van der Waals surface area contributed by atoms with Crippen molar-refractivity contribution in [2.24, 2.45) is 5.92 Å². The first-order valence-corrected chi connectivity index (χ1v) is 7.36. The van der Waals surface area contributed by atoms with Gasteiger partial charge in [0.05, 0.1) is 4.86 Å². The first kappa shape index (κ1) is 16.8. The highest BCUT2D eigenvalue weighted by atomic mass is 32.2. The van der Waals surface area contributed by atoms with E-state index in [1.54, 1.807) is 18.2 Å². The Balaban J connectivity index is 2.80. The fourth-order valence-corrected chi connectivity index (χ4v) is 2.13. The van der Waals surface area contributed by atoms with E-state index in [0.29, 0.717) is 5.57 Å². The molecule has 6 heteroatoms. The Labute approximate surface area is 124 Å². The molecule has 1 aliphatic rings. The van der Waals surface area contributed by atoms with Crippen molar-refractivity contribution >= 4 is 26.9 Å². The minimum absolute atomic E-state index is 0.0448. The summed E-state index contributed by atoms with van der Waals surface area (Å²) in [7, 11) is -2.34. The fourth-order valence-electron chi connectivity index (χ4n) is 1.57. The zero-order chi connectivity index (χ0) is 15.8. The summed E-state index contributed by atoms with van der Waals surface area (Å²) in [6, 6.07) is 0. The average Bonchev–Trinajstić information content (AvgIpc) is 2.49. The highest BCUT2D eigenvalue weighted by Gasteiger charge is 2.20. The molecule has 0 aliphatic heterocycles. The van der Waals surface area contributed by atoms with Crippen LogP contribution in [0.1, 0.15) is 13.3 Å². The predicted molar refractivity (Wildman–Crippen MR) is 80.2 cm³/mol. The van der Waals surface area contributed by atoms with Crippen LogP contribution in [0.4, 0.5) is 0 Å². The molecule has 0 aromatic carbocycles. The molecule has 0 N–H and O–H groups in total. The standard InChI is InChI=1S/C15H16O5S/c1-3-10-20-15(17)11(2)13(16)9-8-12-6-4-5-7-14(12)21(18)19/h3-6,8-9,11H,1,7,10H2,2H3. The smallest absolute Gasteiger partial charge is 0.316 e. The molecule has 0 aromatic rings. The monoisotopic (exact) mass is 308 g/mol. The Morgan fingerprint density at radius 3 is 2.81 bits per heavy atom. The lowest BCUT2D eigenvalue weighted by Gasteiger charge is -2.08. The molecular weight excluding hydrogens is 292 g/mol. The summed E-state index contributed by atoms with van der Waals surface area (Å²) in [5, 5.41) is 0. The maximum atomic E-state index is 11.8. The lowest BCUT2D eigenvalue weighted by Crippen LogP contribution is -2.22. The van der Waals surface area contributed by atoms with E-state index in [4.69, 9.17) is 4.74 Å². The van der Waals surface area contributed by atoms with Gasteiger partial charge in [0.25, 0.3) is 0 Å². The molecule has 0 fully saturated rings. The Morgan fingerprint density at radius 2 is 2.19 bits per heavy atom. The van der Waals surface area contributed by atoms with Gasteiger partial charge in [0.2, 0.25) is 10.3 Å². The molecule has 5 nitrogen and oxygen atoms in total. The third-order valence-corrected chi connectivity index (χ3v) is 3.59. The van der Waals surface area contributed by atoms with Gasteiger partial charge in [-0.1, -0.05) is 37.0 Å².